The molecule has 1 aromatic rings. The Labute approximate surface area is 126 Å². The first-order valence-electron chi connectivity index (χ1n) is 7.64. The molecule has 0 spiro atoms. The molecule has 0 saturated carbocycles. The second-order valence-electron chi connectivity index (χ2n) is 5.71. The van der Waals surface area contributed by atoms with Crippen molar-refractivity contribution >= 4 is 11.6 Å². The van der Waals surface area contributed by atoms with Gasteiger partial charge in [-0.05, 0) is 18.9 Å². The van der Waals surface area contributed by atoms with Crippen LogP contribution in [0.2, 0.25) is 0 Å². The summed E-state index contributed by atoms with van der Waals surface area (Å²) < 4.78 is 0. The molecule has 0 N–H and O–H groups in total. The second kappa shape index (κ2) is 7.25. The third kappa shape index (κ3) is 4.31. The van der Waals surface area contributed by atoms with Crippen LogP contribution in [-0.4, -0.2) is 36.2 Å². The summed E-state index contributed by atoms with van der Waals surface area (Å²) in [7, 11) is 1.86. The van der Waals surface area contributed by atoms with Gasteiger partial charge in [0, 0.05) is 20.0 Å². The van der Waals surface area contributed by atoms with E-state index in [0.717, 1.165) is 30.7 Å². The van der Waals surface area contributed by atoms with Crippen LogP contribution >= 0.6 is 0 Å². The van der Waals surface area contributed by atoms with Gasteiger partial charge in [-0.3, -0.25) is 4.79 Å². The molecule has 0 fully saturated rings. The summed E-state index contributed by atoms with van der Waals surface area (Å²) in [6, 6.07) is 8.23. The molecule has 1 amide bonds. The molecule has 21 heavy (non-hydrogen) atoms. The van der Waals surface area contributed by atoms with Gasteiger partial charge in [0.15, 0.2) is 0 Å². The van der Waals surface area contributed by atoms with E-state index in [2.05, 4.69) is 43.3 Å². The standard InChI is InChI=1S/C17H24N2O2/c1-4-5-10-19(3)17(20)12-15-11-16(18-21-15)14-8-6-13(2)7-9-14/h6-9,15H,4-5,10-12H2,1-3H3. The molecule has 0 saturated heterocycles. The predicted octanol–water partition coefficient (Wildman–Crippen LogP) is 3.14. The summed E-state index contributed by atoms with van der Waals surface area (Å²) >= 11 is 0. The lowest BCUT2D eigenvalue weighted by atomic mass is 10.0. The van der Waals surface area contributed by atoms with Gasteiger partial charge >= 0.3 is 0 Å². The van der Waals surface area contributed by atoms with Gasteiger partial charge in [0.05, 0.1) is 12.1 Å². The Morgan fingerprint density at radius 1 is 1.38 bits per heavy atom. The first-order valence-corrected chi connectivity index (χ1v) is 7.64. The second-order valence-corrected chi connectivity index (χ2v) is 5.71. The maximum absolute atomic E-state index is 12.1. The average molecular weight is 288 g/mol. The zero-order valence-corrected chi connectivity index (χ0v) is 13.1. The zero-order chi connectivity index (χ0) is 15.2. The molecule has 114 valence electrons. The minimum atomic E-state index is -0.127. The van der Waals surface area contributed by atoms with E-state index in [9.17, 15) is 4.79 Å². The fourth-order valence-electron chi connectivity index (χ4n) is 2.32. The highest BCUT2D eigenvalue weighted by atomic mass is 16.6. The number of carbonyl (C=O) groups excluding carboxylic acids is 1. The highest BCUT2D eigenvalue weighted by molar-refractivity contribution is 6.01. The Kier molecular flexibility index (Phi) is 5.37. The highest BCUT2D eigenvalue weighted by Gasteiger charge is 2.25. The van der Waals surface area contributed by atoms with Crippen LogP contribution in [0.5, 0.6) is 0 Å². The molecule has 0 aromatic heterocycles. The van der Waals surface area contributed by atoms with Crippen LogP contribution in [0.3, 0.4) is 0 Å². The largest absolute Gasteiger partial charge is 0.391 e. The summed E-state index contributed by atoms with van der Waals surface area (Å²) in [5, 5.41) is 4.14. The summed E-state index contributed by atoms with van der Waals surface area (Å²) in [5.74, 6) is 0.133. The van der Waals surface area contributed by atoms with Crippen molar-refractivity contribution in [2.75, 3.05) is 13.6 Å². The van der Waals surface area contributed by atoms with Gasteiger partial charge in [-0.25, -0.2) is 0 Å². The van der Waals surface area contributed by atoms with E-state index in [1.54, 1.807) is 4.90 Å². The lowest BCUT2D eigenvalue weighted by molar-refractivity contribution is -0.132. The van der Waals surface area contributed by atoms with E-state index >= 15 is 0 Å². The molecule has 2 rings (SSSR count). The number of amides is 1. The Morgan fingerprint density at radius 3 is 2.76 bits per heavy atom. The SMILES string of the molecule is CCCCN(C)C(=O)CC1CC(c2ccc(C)cc2)=NO1. The average Bonchev–Trinajstić information content (AvgIpc) is 2.93. The van der Waals surface area contributed by atoms with Crippen LogP contribution in [0.1, 0.15) is 43.7 Å². The Morgan fingerprint density at radius 2 is 2.10 bits per heavy atom. The lowest BCUT2D eigenvalue weighted by Crippen LogP contribution is -2.30. The minimum absolute atomic E-state index is 0.127. The fraction of sp³-hybridized carbons (Fsp3) is 0.529. The van der Waals surface area contributed by atoms with Crippen molar-refractivity contribution in [2.24, 2.45) is 5.16 Å². The third-order valence-electron chi connectivity index (χ3n) is 3.79. The molecule has 1 heterocycles. The molecule has 0 bridgehead atoms. The van der Waals surface area contributed by atoms with E-state index in [1.165, 1.54) is 5.56 Å². The first-order chi connectivity index (χ1) is 10.1. The minimum Gasteiger partial charge on any atom is -0.391 e. The topological polar surface area (TPSA) is 41.9 Å². The smallest absolute Gasteiger partial charge is 0.226 e. The fourth-order valence-corrected chi connectivity index (χ4v) is 2.32. The Bertz CT molecular complexity index is 508. The van der Waals surface area contributed by atoms with Crippen molar-refractivity contribution in [2.45, 2.75) is 45.6 Å². The van der Waals surface area contributed by atoms with Crippen molar-refractivity contribution in [1.82, 2.24) is 4.90 Å². The predicted molar refractivity (Wildman–Crippen MR) is 84.4 cm³/mol. The van der Waals surface area contributed by atoms with E-state index < -0.39 is 0 Å². The van der Waals surface area contributed by atoms with E-state index in [1.807, 2.05) is 7.05 Å². The summed E-state index contributed by atoms with van der Waals surface area (Å²) in [5.41, 5.74) is 3.24. The van der Waals surface area contributed by atoms with Crippen LogP contribution in [0, 0.1) is 6.92 Å². The van der Waals surface area contributed by atoms with Crippen LogP contribution in [0.25, 0.3) is 0 Å². The molecule has 4 nitrogen and oxygen atoms in total. The summed E-state index contributed by atoms with van der Waals surface area (Å²) in [4.78, 5) is 19.3. The van der Waals surface area contributed by atoms with Crippen molar-refractivity contribution in [3.8, 4) is 0 Å². The molecule has 1 aliphatic heterocycles. The lowest BCUT2D eigenvalue weighted by Gasteiger charge is -2.18. The van der Waals surface area contributed by atoms with E-state index in [0.29, 0.717) is 12.8 Å². The third-order valence-corrected chi connectivity index (χ3v) is 3.79. The Balaban J connectivity index is 1.84. The number of carbonyl (C=O) groups is 1. The number of unbranched alkanes of at least 4 members (excludes halogenated alkanes) is 1. The number of hydrogen-bond donors (Lipinski definition) is 0. The number of rotatable bonds is 6. The molecular weight excluding hydrogens is 264 g/mol. The van der Waals surface area contributed by atoms with Gasteiger partial charge < -0.3 is 9.74 Å². The van der Waals surface area contributed by atoms with Gasteiger partial charge in [-0.2, -0.15) is 0 Å². The summed E-state index contributed by atoms with van der Waals surface area (Å²) in [6.45, 7) is 5.00. The van der Waals surface area contributed by atoms with Crippen molar-refractivity contribution in [3.05, 3.63) is 35.4 Å². The van der Waals surface area contributed by atoms with E-state index in [4.69, 9.17) is 4.84 Å². The van der Waals surface area contributed by atoms with Crippen LogP contribution in [0.4, 0.5) is 0 Å². The number of oxime groups is 1. The molecule has 1 atom stereocenters. The van der Waals surface area contributed by atoms with Gasteiger partial charge in [-0.1, -0.05) is 48.3 Å². The van der Waals surface area contributed by atoms with Crippen LogP contribution in [0.15, 0.2) is 29.4 Å². The highest BCUT2D eigenvalue weighted by Crippen LogP contribution is 2.20. The maximum Gasteiger partial charge on any atom is 0.226 e. The molecule has 1 aromatic carbocycles. The molecule has 0 radical (unpaired) electrons. The van der Waals surface area contributed by atoms with E-state index in [-0.39, 0.29) is 12.0 Å². The number of nitrogens with zero attached hydrogens (tertiary/aromatic N) is 2. The van der Waals surface area contributed by atoms with Crippen molar-refractivity contribution in [3.63, 3.8) is 0 Å². The monoisotopic (exact) mass is 288 g/mol. The number of hydrogen-bond acceptors (Lipinski definition) is 3. The van der Waals surface area contributed by atoms with Gasteiger partial charge in [0.1, 0.15) is 6.10 Å². The molecular formula is C17H24N2O2. The van der Waals surface area contributed by atoms with Gasteiger partial charge in [0.25, 0.3) is 0 Å². The molecule has 0 aliphatic carbocycles. The Hall–Kier alpha value is -1.84. The molecule has 4 heteroatoms. The number of benzene rings is 1. The van der Waals surface area contributed by atoms with Gasteiger partial charge in [0.2, 0.25) is 5.91 Å². The van der Waals surface area contributed by atoms with Crippen molar-refractivity contribution < 1.29 is 9.63 Å². The summed E-state index contributed by atoms with van der Waals surface area (Å²) in [6.07, 6.45) is 3.12. The molecule has 1 aliphatic rings. The van der Waals surface area contributed by atoms with Crippen LogP contribution < -0.4 is 0 Å². The quantitative estimate of drug-likeness (QED) is 0.807. The first kappa shape index (κ1) is 15.5. The van der Waals surface area contributed by atoms with Gasteiger partial charge in [-0.15, -0.1) is 0 Å². The number of aryl methyl sites for hydroxylation is 1. The maximum atomic E-state index is 12.1. The van der Waals surface area contributed by atoms with Crippen LogP contribution in [-0.2, 0) is 9.63 Å². The van der Waals surface area contributed by atoms with Crippen molar-refractivity contribution in [1.29, 1.82) is 0 Å². The zero-order valence-electron chi connectivity index (χ0n) is 13.1. The normalized spacial score (nSPS) is 17.3. The molecule has 1 unspecified atom stereocenters.